The van der Waals surface area contributed by atoms with Crippen LogP contribution >= 0.6 is 7.92 Å². The molecule has 0 aliphatic rings. The van der Waals surface area contributed by atoms with Gasteiger partial charge in [-0.1, -0.05) is 6.07 Å². The summed E-state index contributed by atoms with van der Waals surface area (Å²) in [7, 11) is -6.82. The zero-order chi connectivity index (χ0) is 17.1. The predicted octanol–water partition coefficient (Wildman–Crippen LogP) is 5.56. The lowest BCUT2D eigenvalue weighted by atomic mass is 10.2. The van der Waals surface area contributed by atoms with E-state index in [-0.39, 0.29) is 16.1 Å². The second-order valence-corrected chi connectivity index (χ2v) is 11.2. The highest BCUT2D eigenvalue weighted by Crippen LogP contribution is 2.58. The lowest BCUT2D eigenvalue weighted by Crippen LogP contribution is -2.31. The Kier molecular flexibility index (Phi) is 6.87. The molecule has 0 bridgehead atoms. The van der Waals surface area contributed by atoms with E-state index in [2.05, 4.69) is 47.6 Å². The molecule has 0 amide bonds. The molecule has 0 saturated heterocycles. The van der Waals surface area contributed by atoms with Crippen molar-refractivity contribution in [3.05, 3.63) is 30.1 Å². The van der Waals surface area contributed by atoms with Crippen molar-refractivity contribution in [3.63, 3.8) is 0 Å². The Balaban J connectivity index is 0.000000690. The summed E-state index contributed by atoms with van der Waals surface area (Å²) in [5, 5.41) is 1.66. The maximum absolute atomic E-state index is 13.3. The number of benzene rings is 1. The first-order chi connectivity index (χ1) is 9.12. The van der Waals surface area contributed by atoms with E-state index in [1.165, 1.54) is 11.4 Å². The highest BCUT2D eigenvalue weighted by atomic mass is 31.1. The largest absolute Gasteiger partial charge is 0.673 e. The Morgan fingerprint density at radius 1 is 0.857 bits per heavy atom. The van der Waals surface area contributed by atoms with E-state index in [1.807, 2.05) is 6.07 Å². The van der Waals surface area contributed by atoms with Gasteiger partial charge in [-0.2, -0.15) is 0 Å². The Bertz CT molecular complexity index is 426. The molecule has 122 valence electrons. The van der Waals surface area contributed by atoms with Crippen LogP contribution in [0.1, 0.15) is 41.5 Å². The van der Waals surface area contributed by atoms with Crippen LogP contribution in [0.4, 0.5) is 21.7 Å². The standard InChI is InChI=1S/C14H22FP.BF4/c1-13(2,3)16(14(4,5)6)12-9-7-8-11(15)10-12;2-1(3,4)5/h7-10H,1-6H3;/q;-1/p+1. The molecule has 21 heavy (non-hydrogen) atoms. The van der Waals surface area contributed by atoms with Crippen LogP contribution in [0.2, 0.25) is 0 Å². The van der Waals surface area contributed by atoms with Crippen LogP contribution in [0.25, 0.3) is 0 Å². The summed E-state index contributed by atoms with van der Waals surface area (Å²) in [4.78, 5) is 0. The van der Waals surface area contributed by atoms with Crippen molar-refractivity contribution in [2.75, 3.05) is 0 Å². The van der Waals surface area contributed by atoms with Gasteiger partial charge in [0.1, 0.15) is 5.82 Å². The fourth-order valence-electron chi connectivity index (χ4n) is 2.64. The van der Waals surface area contributed by atoms with Crippen LogP contribution in [0.15, 0.2) is 24.3 Å². The lowest BCUT2D eigenvalue weighted by Gasteiger charge is -2.33. The molecule has 0 aliphatic heterocycles. The molecule has 0 unspecified atom stereocenters. The van der Waals surface area contributed by atoms with E-state index in [9.17, 15) is 21.7 Å². The second-order valence-electron chi connectivity index (χ2n) is 6.88. The minimum absolute atomic E-state index is 0.117. The van der Waals surface area contributed by atoms with Crippen LogP contribution in [0.5, 0.6) is 0 Å². The smallest absolute Gasteiger partial charge is 0.418 e. The first-order valence-corrected chi connectivity index (χ1v) is 8.13. The molecule has 1 aromatic rings. The van der Waals surface area contributed by atoms with Crippen molar-refractivity contribution in [1.82, 2.24) is 0 Å². The summed E-state index contributed by atoms with van der Waals surface area (Å²) in [6, 6.07) is 7.14. The molecule has 0 fully saturated rings. The fraction of sp³-hybridized carbons (Fsp3) is 0.571. The van der Waals surface area contributed by atoms with Gasteiger partial charge < -0.3 is 17.3 Å². The van der Waals surface area contributed by atoms with Crippen molar-refractivity contribution < 1.29 is 21.7 Å². The minimum Gasteiger partial charge on any atom is -0.418 e. The van der Waals surface area contributed by atoms with Gasteiger partial charge in [0.15, 0.2) is 0 Å². The van der Waals surface area contributed by atoms with E-state index in [0.29, 0.717) is 0 Å². The van der Waals surface area contributed by atoms with Crippen molar-refractivity contribution in [2.45, 2.75) is 51.9 Å². The highest BCUT2D eigenvalue weighted by Gasteiger charge is 2.43. The van der Waals surface area contributed by atoms with Crippen LogP contribution < -0.4 is 5.30 Å². The third-order valence-electron chi connectivity index (χ3n) is 2.61. The SMILES string of the molecule is CC(C)(C)[PH+](c1cccc(F)c1)C(C)(C)C.F[B-](F)(F)F. The number of halogens is 5. The molecule has 0 aliphatic carbocycles. The van der Waals surface area contributed by atoms with E-state index < -0.39 is 15.2 Å². The molecule has 0 saturated carbocycles. The summed E-state index contributed by atoms with van der Waals surface area (Å²) in [6.07, 6.45) is 0. The molecule has 0 heterocycles. The van der Waals surface area contributed by atoms with Crippen LogP contribution in [-0.2, 0) is 0 Å². The zero-order valence-corrected chi connectivity index (χ0v) is 14.3. The average Bonchev–Trinajstić information content (AvgIpc) is 2.08. The Labute approximate surface area is 125 Å². The molecule has 7 heteroatoms. The van der Waals surface area contributed by atoms with Crippen molar-refractivity contribution in [1.29, 1.82) is 0 Å². The summed E-state index contributed by atoms with van der Waals surface area (Å²) in [6.45, 7) is 13.6. The van der Waals surface area contributed by atoms with Crippen molar-refractivity contribution >= 4 is 20.5 Å². The fourth-order valence-corrected chi connectivity index (χ4v) is 7.16. The Morgan fingerprint density at radius 3 is 1.52 bits per heavy atom. The topological polar surface area (TPSA) is 0 Å². The molecule has 0 spiro atoms. The summed E-state index contributed by atoms with van der Waals surface area (Å²) in [5.74, 6) is -0.117. The molecular formula is C14H23BF5P. The van der Waals surface area contributed by atoms with E-state index >= 15 is 0 Å². The minimum atomic E-state index is -6.00. The highest BCUT2D eigenvalue weighted by molar-refractivity contribution is 7.68. The summed E-state index contributed by atoms with van der Waals surface area (Å²) >= 11 is 0. The third-order valence-corrected chi connectivity index (χ3v) is 6.50. The normalized spacial score (nSPS) is 13.0. The van der Waals surface area contributed by atoms with Gasteiger partial charge >= 0.3 is 7.25 Å². The molecular weight excluding hydrogens is 305 g/mol. The molecule has 0 aromatic heterocycles. The van der Waals surface area contributed by atoms with Crippen LogP contribution in [-0.4, -0.2) is 17.6 Å². The predicted molar refractivity (Wildman–Crippen MR) is 84.0 cm³/mol. The maximum Gasteiger partial charge on any atom is 0.673 e. The van der Waals surface area contributed by atoms with Crippen LogP contribution in [0.3, 0.4) is 0 Å². The average molecular weight is 328 g/mol. The number of hydrogen-bond acceptors (Lipinski definition) is 0. The van der Waals surface area contributed by atoms with Gasteiger partial charge in [-0.15, -0.1) is 0 Å². The first-order valence-electron chi connectivity index (χ1n) is 6.63. The monoisotopic (exact) mass is 328 g/mol. The first kappa shape index (κ1) is 20.4. The van der Waals surface area contributed by atoms with E-state index in [1.54, 1.807) is 6.07 Å². The summed E-state index contributed by atoms with van der Waals surface area (Å²) in [5.41, 5.74) is 0. The van der Waals surface area contributed by atoms with Gasteiger partial charge in [0.2, 0.25) is 0 Å². The molecule has 1 rings (SSSR count). The molecule has 0 N–H and O–H groups in total. The molecule has 1 aromatic carbocycles. The van der Waals surface area contributed by atoms with Crippen LogP contribution in [0, 0.1) is 5.82 Å². The van der Waals surface area contributed by atoms with Gasteiger partial charge in [0.05, 0.1) is 15.6 Å². The van der Waals surface area contributed by atoms with Crippen molar-refractivity contribution in [3.8, 4) is 0 Å². The summed E-state index contributed by atoms with van der Waals surface area (Å²) < 4.78 is 52.3. The lowest BCUT2D eigenvalue weighted by molar-refractivity contribution is 0.368. The second kappa shape index (κ2) is 7.08. The Hall–Kier alpha value is -0.635. The molecule has 0 radical (unpaired) electrons. The maximum atomic E-state index is 13.3. The molecule has 0 nitrogen and oxygen atoms in total. The van der Waals surface area contributed by atoms with Gasteiger partial charge in [0, 0.05) is 14.0 Å². The van der Waals surface area contributed by atoms with Crippen molar-refractivity contribution in [2.24, 2.45) is 0 Å². The number of rotatable bonds is 1. The third kappa shape index (κ3) is 9.08. The number of hydrogen-bond donors (Lipinski definition) is 0. The molecule has 0 atom stereocenters. The van der Waals surface area contributed by atoms with Gasteiger partial charge in [-0.3, -0.25) is 0 Å². The van der Waals surface area contributed by atoms with Gasteiger partial charge in [0.25, 0.3) is 0 Å². The zero-order valence-electron chi connectivity index (χ0n) is 13.3. The van der Waals surface area contributed by atoms with E-state index in [4.69, 9.17) is 0 Å². The quantitative estimate of drug-likeness (QED) is 0.360. The van der Waals surface area contributed by atoms with Gasteiger partial charge in [-0.25, -0.2) is 4.39 Å². The van der Waals surface area contributed by atoms with Gasteiger partial charge in [-0.05, 0) is 53.7 Å². The Morgan fingerprint density at radius 2 is 1.24 bits per heavy atom. The van der Waals surface area contributed by atoms with E-state index in [0.717, 1.165) is 0 Å².